The highest BCUT2D eigenvalue weighted by Crippen LogP contribution is 2.29. The first-order valence-electron chi connectivity index (χ1n) is 4.96. The fourth-order valence-corrected chi connectivity index (χ4v) is 1.33. The van der Waals surface area contributed by atoms with Crippen LogP contribution in [0.25, 0.3) is 0 Å². The van der Waals surface area contributed by atoms with Crippen molar-refractivity contribution in [1.82, 2.24) is 5.32 Å². The molecule has 5 nitrogen and oxygen atoms in total. The molecule has 1 amide bonds. The van der Waals surface area contributed by atoms with Gasteiger partial charge in [-0.3, -0.25) is 4.79 Å². The molecule has 0 radical (unpaired) electrons. The van der Waals surface area contributed by atoms with Gasteiger partial charge in [0.05, 0.1) is 6.07 Å². The third-order valence-corrected chi connectivity index (χ3v) is 2.49. The summed E-state index contributed by atoms with van der Waals surface area (Å²) in [7, 11) is 0. The molecule has 0 aromatic rings. The lowest BCUT2D eigenvalue weighted by Crippen LogP contribution is -2.45. The summed E-state index contributed by atoms with van der Waals surface area (Å²) in [6, 6.07) is 0.960. The summed E-state index contributed by atoms with van der Waals surface area (Å²) in [5.41, 5.74) is 0. The minimum atomic E-state index is -1.08. The molecule has 1 aliphatic carbocycles. The molecule has 1 rings (SSSR count). The van der Waals surface area contributed by atoms with Crippen LogP contribution in [0.5, 0.6) is 0 Å². The molecule has 2 atom stereocenters. The van der Waals surface area contributed by atoms with Crippen LogP contribution in [0.2, 0.25) is 0 Å². The average Bonchev–Trinajstić information content (AvgIpc) is 2.96. The van der Waals surface area contributed by atoms with E-state index in [9.17, 15) is 9.59 Å². The average molecular weight is 210 g/mol. The van der Waals surface area contributed by atoms with E-state index >= 15 is 0 Å². The highest BCUT2D eigenvalue weighted by atomic mass is 16.4. The fourth-order valence-electron chi connectivity index (χ4n) is 1.33. The highest BCUT2D eigenvalue weighted by Gasteiger charge is 2.34. The number of hydrogen-bond donors (Lipinski definition) is 2. The number of amides is 1. The quantitative estimate of drug-likeness (QED) is 0.692. The zero-order valence-electron chi connectivity index (χ0n) is 8.56. The van der Waals surface area contributed by atoms with Crippen molar-refractivity contribution in [2.75, 3.05) is 0 Å². The minimum Gasteiger partial charge on any atom is -0.480 e. The molecule has 0 heterocycles. The van der Waals surface area contributed by atoms with Crippen LogP contribution in [0, 0.1) is 23.2 Å². The maximum Gasteiger partial charge on any atom is 0.326 e. The van der Waals surface area contributed by atoms with Crippen LogP contribution < -0.4 is 5.32 Å². The Morgan fingerprint density at radius 3 is 2.60 bits per heavy atom. The molecule has 5 heteroatoms. The Bertz CT molecular complexity index is 304. The Kier molecular flexibility index (Phi) is 3.67. The monoisotopic (exact) mass is 210 g/mol. The predicted molar refractivity (Wildman–Crippen MR) is 51.7 cm³/mol. The number of nitriles is 1. The van der Waals surface area contributed by atoms with Gasteiger partial charge < -0.3 is 10.4 Å². The van der Waals surface area contributed by atoms with Gasteiger partial charge in [-0.05, 0) is 12.8 Å². The van der Waals surface area contributed by atoms with E-state index in [1.54, 1.807) is 6.92 Å². The van der Waals surface area contributed by atoms with Gasteiger partial charge in [-0.1, -0.05) is 6.92 Å². The van der Waals surface area contributed by atoms with Crippen LogP contribution in [-0.2, 0) is 9.59 Å². The maximum atomic E-state index is 11.4. The number of carboxylic acids is 1. The van der Waals surface area contributed by atoms with E-state index < -0.39 is 12.0 Å². The number of nitrogens with zero attached hydrogens (tertiary/aromatic N) is 1. The smallest absolute Gasteiger partial charge is 0.326 e. The molecule has 2 N–H and O–H groups in total. The lowest BCUT2D eigenvalue weighted by Gasteiger charge is -2.19. The molecule has 0 aromatic carbocycles. The van der Waals surface area contributed by atoms with E-state index in [1.165, 1.54) is 0 Å². The van der Waals surface area contributed by atoms with Gasteiger partial charge in [0, 0.05) is 18.3 Å². The van der Waals surface area contributed by atoms with Crippen molar-refractivity contribution < 1.29 is 14.7 Å². The number of carbonyl (C=O) groups excluding carboxylic acids is 1. The third-order valence-electron chi connectivity index (χ3n) is 2.49. The van der Waals surface area contributed by atoms with E-state index in [-0.39, 0.29) is 24.2 Å². The fraction of sp³-hybridized carbons (Fsp3) is 0.700. The number of hydrogen-bond acceptors (Lipinski definition) is 3. The zero-order valence-corrected chi connectivity index (χ0v) is 8.56. The van der Waals surface area contributed by atoms with Crippen molar-refractivity contribution in [3.05, 3.63) is 0 Å². The van der Waals surface area contributed by atoms with E-state index in [4.69, 9.17) is 10.4 Å². The van der Waals surface area contributed by atoms with Gasteiger partial charge in [0.1, 0.15) is 6.04 Å². The van der Waals surface area contributed by atoms with Gasteiger partial charge in [0.15, 0.2) is 0 Å². The molecule has 1 fully saturated rings. The Hall–Kier alpha value is -1.57. The summed E-state index contributed by atoms with van der Waals surface area (Å²) in [5, 5.41) is 19.8. The van der Waals surface area contributed by atoms with Crippen molar-refractivity contribution >= 4 is 11.9 Å². The van der Waals surface area contributed by atoms with Gasteiger partial charge in [-0.15, -0.1) is 0 Å². The zero-order chi connectivity index (χ0) is 11.4. The topological polar surface area (TPSA) is 90.2 Å². The molecule has 0 spiro atoms. The number of nitrogens with one attached hydrogen (secondary N) is 1. The van der Waals surface area contributed by atoms with Gasteiger partial charge >= 0.3 is 5.97 Å². The predicted octanol–water partition coefficient (Wildman–Crippen LogP) is 0.516. The number of aliphatic carboxylic acids is 1. The Morgan fingerprint density at radius 2 is 2.20 bits per heavy atom. The highest BCUT2D eigenvalue weighted by molar-refractivity contribution is 5.86. The lowest BCUT2D eigenvalue weighted by atomic mass is 9.99. The first kappa shape index (κ1) is 11.5. The second-order valence-electron chi connectivity index (χ2n) is 3.94. The van der Waals surface area contributed by atoms with Crippen LogP contribution >= 0.6 is 0 Å². The summed E-state index contributed by atoms with van der Waals surface area (Å²) in [4.78, 5) is 22.2. The largest absolute Gasteiger partial charge is 0.480 e. The van der Waals surface area contributed by atoms with E-state index in [0.717, 1.165) is 12.8 Å². The molecule has 0 saturated heterocycles. The van der Waals surface area contributed by atoms with Crippen LogP contribution in [0.15, 0.2) is 0 Å². The standard InChI is InChI=1S/C10H14N2O3/c1-6(4-5-11)8(10(14)15)12-9(13)7-2-3-7/h6-8H,2-4H2,1H3,(H,12,13)(H,14,15)/t6-,8-/m1/s1. The van der Waals surface area contributed by atoms with E-state index in [0.29, 0.717) is 0 Å². The molecular formula is C10H14N2O3. The lowest BCUT2D eigenvalue weighted by molar-refractivity contribution is -0.143. The Balaban J connectivity index is 2.53. The van der Waals surface area contributed by atoms with Crippen molar-refractivity contribution in [3.63, 3.8) is 0 Å². The van der Waals surface area contributed by atoms with Crippen molar-refractivity contribution in [3.8, 4) is 6.07 Å². The third kappa shape index (κ3) is 3.24. The summed E-state index contributed by atoms with van der Waals surface area (Å²) in [5.74, 6) is -1.66. The second-order valence-corrected chi connectivity index (χ2v) is 3.94. The molecule has 15 heavy (non-hydrogen) atoms. The SMILES string of the molecule is C[C@H](CC#N)[C@@H](NC(=O)C1CC1)C(=O)O. The number of carboxylic acid groups (broad SMARTS) is 1. The minimum absolute atomic E-state index is 0.0128. The first-order chi connectivity index (χ1) is 7.06. The Labute approximate surface area is 88.1 Å². The van der Waals surface area contributed by atoms with Gasteiger partial charge in [-0.25, -0.2) is 4.79 Å². The Morgan fingerprint density at radius 1 is 1.60 bits per heavy atom. The normalized spacial score (nSPS) is 18.7. The van der Waals surface area contributed by atoms with Gasteiger partial charge in [0.2, 0.25) is 5.91 Å². The number of rotatable bonds is 5. The van der Waals surface area contributed by atoms with Crippen molar-refractivity contribution in [2.24, 2.45) is 11.8 Å². The van der Waals surface area contributed by atoms with E-state index in [1.807, 2.05) is 6.07 Å². The van der Waals surface area contributed by atoms with Crippen LogP contribution in [-0.4, -0.2) is 23.0 Å². The van der Waals surface area contributed by atoms with E-state index in [2.05, 4.69) is 5.32 Å². The molecule has 0 aliphatic heterocycles. The summed E-state index contributed by atoms with van der Waals surface area (Å²) in [6.07, 6.45) is 1.80. The molecule has 0 aromatic heterocycles. The summed E-state index contributed by atoms with van der Waals surface area (Å²) in [6.45, 7) is 1.65. The summed E-state index contributed by atoms with van der Waals surface area (Å²) >= 11 is 0. The van der Waals surface area contributed by atoms with Gasteiger partial charge in [0.25, 0.3) is 0 Å². The maximum absolute atomic E-state index is 11.4. The van der Waals surface area contributed by atoms with Crippen LogP contribution in [0.3, 0.4) is 0 Å². The number of carbonyl (C=O) groups is 2. The molecule has 0 bridgehead atoms. The molecule has 1 saturated carbocycles. The molecule has 1 aliphatic rings. The molecular weight excluding hydrogens is 196 g/mol. The van der Waals surface area contributed by atoms with Gasteiger partial charge in [-0.2, -0.15) is 5.26 Å². The van der Waals surface area contributed by atoms with Crippen LogP contribution in [0.1, 0.15) is 26.2 Å². The second kappa shape index (κ2) is 4.78. The first-order valence-corrected chi connectivity index (χ1v) is 4.96. The molecule has 82 valence electrons. The van der Waals surface area contributed by atoms with Crippen molar-refractivity contribution in [2.45, 2.75) is 32.2 Å². The van der Waals surface area contributed by atoms with Crippen molar-refractivity contribution in [1.29, 1.82) is 5.26 Å². The summed E-state index contributed by atoms with van der Waals surface area (Å²) < 4.78 is 0. The van der Waals surface area contributed by atoms with Crippen LogP contribution in [0.4, 0.5) is 0 Å². The molecule has 0 unspecified atom stereocenters.